The highest BCUT2D eigenvalue weighted by Crippen LogP contribution is 2.06. The first kappa shape index (κ1) is 13.6. The van der Waals surface area contributed by atoms with Crippen LogP contribution < -0.4 is 17.0 Å². The van der Waals surface area contributed by atoms with Crippen molar-refractivity contribution in [2.75, 3.05) is 6.54 Å². The van der Waals surface area contributed by atoms with Gasteiger partial charge in [-0.1, -0.05) is 39.0 Å². The van der Waals surface area contributed by atoms with Gasteiger partial charge in [0.2, 0.25) is 6.20 Å². The van der Waals surface area contributed by atoms with E-state index in [1.807, 2.05) is 11.1 Å². The van der Waals surface area contributed by atoms with Crippen molar-refractivity contribution in [3.8, 4) is 0 Å². The molecule has 2 nitrogen and oxygen atoms in total. The van der Waals surface area contributed by atoms with E-state index in [0.29, 0.717) is 0 Å². The van der Waals surface area contributed by atoms with Crippen LogP contribution in [0.5, 0.6) is 0 Å². The van der Waals surface area contributed by atoms with Crippen LogP contribution in [0.15, 0.2) is 17.4 Å². The van der Waals surface area contributed by atoms with Gasteiger partial charge in [0.15, 0.2) is 6.20 Å². The lowest BCUT2D eigenvalue weighted by Crippen LogP contribution is -3.00. The molecule has 0 aliphatic carbocycles. The topological polar surface area (TPSA) is 15.6 Å². The fourth-order valence-corrected chi connectivity index (χ4v) is 1.44. The lowest BCUT2D eigenvalue weighted by atomic mass is 10.1. The van der Waals surface area contributed by atoms with Gasteiger partial charge in [-0.2, -0.15) is 4.90 Å². The van der Waals surface area contributed by atoms with Crippen LogP contribution in [0.2, 0.25) is 0 Å². The molecule has 0 unspecified atom stereocenters. The van der Waals surface area contributed by atoms with E-state index in [1.54, 1.807) is 6.20 Å². The summed E-state index contributed by atoms with van der Waals surface area (Å²) < 4.78 is 0. The predicted octanol–water partition coefficient (Wildman–Crippen LogP) is 0.0430. The normalized spacial score (nSPS) is 12.8. The monoisotopic (exact) mass is 258 g/mol. The largest absolute Gasteiger partial charge is 1.00 e. The van der Waals surface area contributed by atoms with Gasteiger partial charge in [0.25, 0.3) is 6.34 Å². The summed E-state index contributed by atoms with van der Waals surface area (Å²) in [4.78, 5) is 5.92. The maximum absolute atomic E-state index is 3.89. The molecule has 1 aliphatic heterocycles. The third-order valence-corrected chi connectivity index (χ3v) is 2.26. The van der Waals surface area contributed by atoms with Crippen LogP contribution in [0.25, 0.3) is 0 Å². The van der Waals surface area contributed by atoms with Crippen LogP contribution in [0.3, 0.4) is 0 Å². The van der Waals surface area contributed by atoms with Crippen molar-refractivity contribution in [3.63, 3.8) is 0 Å². The number of hydrogen-bond acceptors (Lipinski definition) is 2. The second-order valence-corrected chi connectivity index (χ2v) is 3.49. The van der Waals surface area contributed by atoms with Crippen molar-refractivity contribution >= 4 is 6.34 Å². The maximum Gasteiger partial charge on any atom is 0.255 e. The summed E-state index contributed by atoms with van der Waals surface area (Å²) in [6.07, 6.45) is 14.8. The van der Waals surface area contributed by atoms with Crippen LogP contribution in [-0.4, -0.2) is 17.8 Å². The summed E-state index contributed by atoms with van der Waals surface area (Å²) >= 11 is 0. The van der Waals surface area contributed by atoms with E-state index in [9.17, 15) is 0 Å². The molecule has 1 heterocycles. The first-order chi connectivity index (χ1) is 6.43. The zero-order valence-corrected chi connectivity index (χ0v) is 10.5. The van der Waals surface area contributed by atoms with Gasteiger partial charge in [-0.3, -0.25) is 0 Å². The average Bonchev–Trinajstić information content (AvgIpc) is 2.63. The molecule has 0 spiro atoms. The number of aliphatic imine (C=N–C) groups is 1. The minimum absolute atomic E-state index is 0. The summed E-state index contributed by atoms with van der Waals surface area (Å²) in [5.41, 5.74) is 0. The molecule has 0 saturated heterocycles. The van der Waals surface area contributed by atoms with Crippen molar-refractivity contribution in [2.45, 2.75) is 45.4 Å². The van der Waals surface area contributed by atoms with Crippen LogP contribution in [0.1, 0.15) is 45.4 Å². The highest BCUT2D eigenvalue weighted by molar-refractivity contribution is 5.59. The quantitative estimate of drug-likeness (QED) is 0.466. The molecule has 0 aromatic carbocycles. The Kier molecular flexibility index (Phi) is 8.90. The summed E-state index contributed by atoms with van der Waals surface area (Å²) in [5.74, 6) is 0. The lowest BCUT2D eigenvalue weighted by Gasteiger charge is -2.02. The third kappa shape index (κ3) is 6.11. The third-order valence-electron chi connectivity index (χ3n) is 2.26. The second-order valence-electron chi connectivity index (χ2n) is 3.49. The van der Waals surface area contributed by atoms with Gasteiger partial charge >= 0.3 is 0 Å². The first-order valence-electron chi connectivity index (χ1n) is 5.32. The molecule has 0 atom stereocenters. The molecule has 1 rings (SSSR count). The number of hydrogen-bond donors (Lipinski definition) is 0. The van der Waals surface area contributed by atoms with E-state index in [1.165, 1.54) is 38.5 Å². The molecule has 0 saturated carbocycles. The molecule has 0 N–H and O–H groups in total. The molecule has 80 valence electrons. The molecule has 14 heavy (non-hydrogen) atoms. The van der Waals surface area contributed by atoms with Crippen molar-refractivity contribution in [2.24, 2.45) is 4.99 Å². The van der Waals surface area contributed by atoms with Gasteiger partial charge in [0, 0.05) is 0 Å². The molecule has 0 bridgehead atoms. The molecule has 3 heteroatoms. The van der Waals surface area contributed by atoms with Crippen LogP contribution >= 0.6 is 0 Å². The lowest BCUT2D eigenvalue weighted by molar-refractivity contribution is -0.00000285. The molecular weight excluding hydrogens is 240 g/mol. The number of halogens is 1. The summed E-state index contributed by atoms with van der Waals surface area (Å²) in [7, 11) is 0. The molecule has 0 amide bonds. The summed E-state index contributed by atoms with van der Waals surface area (Å²) in [6.45, 7) is 3.33. The van der Waals surface area contributed by atoms with Crippen molar-refractivity contribution < 1.29 is 17.0 Å². The van der Waals surface area contributed by atoms with E-state index in [0.717, 1.165) is 6.54 Å². The summed E-state index contributed by atoms with van der Waals surface area (Å²) in [6, 6.07) is 0. The van der Waals surface area contributed by atoms with E-state index in [4.69, 9.17) is 0 Å². The molecule has 0 aromatic rings. The highest BCUT2D eigenvalue weighted by atomic mass is 79.9. The molecule has 0 fully saturated rings. The van der Waals surface area contributed by atoms with Crippen LogP contribution in [0, 0.1) is 0 Å². The van der Waals surface area contributed by atoms with E-state index in [2.05, 4.69) is 18.3 Å². The zero-order chi connectivity index (χ0) is 9.36. The SMILES string of the molecule is CCCCCCCCN1[C+]=NC=C1.[Br-]. The first-order valence-corrected chi connectivity index (χ1v) is 5.32. The Morgan fingerprint density at radius 3 is 2.50 bits per heavy atom. The van der Waals surface area contributed by atoms with Gasteiger partial charge in [-0.15, -0.1) is 0 Å². The van der Waals surface area contributed by atoms with Crippen molar-refractivity contribution in [1.82, 2.24) is 4.90 Å². The van der Waals surface area contributed by atoms with Gasteiger partial charge in [0.1, 0.15) is 0 Å². The van der Waals surface area contributed by atoms with Gasteiger partial charge in [-0.05, 0) is 11.4 Å². The number of unbranched alkanes of at least 4 members (excludes halogenated alkanes) is 5. The Bertz CT molecular complexity index is 166. The van der Waals surface area contributed by atoms with Crippen LogP contribution in [0.4, 0.5) is 0 Å². The van der Waals surface area contributed by atoms with E-state index < -0.39 is 0 Å². The molecular formula is C11H19BrN2. The van der Waals surface area contributed by atoms with Gasteiger partial charge in [-0.25, -0.2) is 0 Å². The Labute approximate surface area is 97.9 Å². The van der Waals surface area contributed by atoms with E-state index in [-0.39, 0.29) is 17.0 Å². The van der Waals surface area contributed by atoms with Crippen molar-refractivity contribution in [3.05, 3.63) is 12.4 Å². The highest BCUT2D eigenvalue weighted by Gasteiger charge is 2.08. The maximum atomic E-state index is 3.89. The van der Waals surface area contributed by atoms with Crippen molar-refractivity contribution in [1.29, 1.82) is 0 Å². The fourth-order valence-electron chi connectivity index (χ4n) is 1.44. The molecule has 0 radical (unpaired) electrons. The molecule has 0 aromatic heterocycles. The zero-order valence-electron chi connectivity index (χ0n) is 8.88. The Morgan fingerprint density at radius 1 is 1.14 bits per heavy atom. The van der Waals surface area contributed by atoms with Gasteiger partial charge < -0.3 is 17.0 Å². The Balaban J connectivity index is 0.00000169. The second kappa shape index (κ2) is 9.17. The predicted molar refractivity (Wildman–Crippen MR) is 56.7 cm³/mol. The Morgan fingerprint density at radius 2 is 1.86 bits per heavy atom. The van der Waals surface area contributed by atoms with E-state index >= 15 is 0 Å². The standard InChI is InChI=1S/C11H19N2.BrH/c1-2-3-4-5-6-7-9-13-10-8-12-11-13;/h8,10H,2-7,9H2,1H3;1H/q+1;/p-1. The number of nitrogens with zero attached hydrogens (tertiary/aromatic N) is 2. The minimum atomic E-state index is 0. The average molecular weight is 259 g/mol. The molecule has 1 aliphatic rings. The number of rotatable bonds is 7. The summed E-state index contributed by atoms with van der Waals surface area (Å²) in [5, 5.41) is 0. The van der Waals surface area contributed by atoms with Crippen LogP contribution in [-0.2, 0) is 0 Å². The Hall–Kier alpha value is -0.400. The smallest absolute Gasteiger partial charge is 0.255 e. The minimum Gasteiger partial charge on any atom is -1.00 e. The van der Waals surface area contributed by atoms with Gasteiger partial charge in [0.05, 0.1) is 6.54 Å². The fraction of sp³-hybridized carbons (Fsp3) is 0.727.